The fourth-order valence-electron chi connectivity index (χ4n) is 2.86. The van der Waals surface area contributed by atoms with Gasteiger partial charge < -0.3 is 20.7 Å². The fraction of sp³-hybridized carbons (Fsp3) is 0.391. The third-order valence-corrected chi connectivity index (χ3v) is 4.63. The lowest BCUT2D eigenvalue weighted by Gasteiger charge is -2.27. The highest BCUT2D eigenvalue weighted by atomic mass is 127. The van der Waals surface area contributed by atoms with E-state index in [-0.39, 0.29) is 47.7 Å². The highest BCUT2D eigenvalue weighted by Gasteiger charge is 2.21. The molecule has 0 saturated carbocycles. The minimum Gasteiger partial charge on any atom is -0.484 e. The van der Waals surface area contributed by atoms with Crippen LogP contribution >= 0.6 is 24.0 Å². The van der Waals surface area contributed by atoms with Crippen molar-refractivity contribution >= 4 is 35.8 Å². The number of nitrogens with zero attached hydrogens (tertiary/aromatic N) is 1. The van der Waals surface area contributed by atoms with Gasteiger partial charge in [0.05, 0.1) is 0 Å². The SMILES string of the molecule is CCNC(=O)COc1cccc(CNC(=NC)NCC(C)(C)c2cccc(F)c2)c1.I. The monoisotopic (exact) mass is 542 g/mol. The van der Waals surface area contributed by atoms with Crippen LogP contribution in [0.2, 0.25) is 0 Å². The third-order valence-electron chi connectivity index (χ3n) is 4.63. The number of carbonyl (C=O) groups is 1. The average Bonchev–Trinajstić information content (AvgIpc) is 2.73. The molecule has 3 N–H and O–H groups in total. The van der Waals surface area contributed by atoms with Gasteiger partial charge in [0.15, 0.2) is 12.6 Å². The number of aliphatic imine (C=N–C) groups is 1. The first-order valence-corrected chi connectivity index (χ1v) is 10.0. The van der Waals surface area contributed by atoms with Crippen LogP contribution in [0.5, 0.6) is 5.75 Å². The normalized spacial score (nSPS) is 11.3. The molecule has 8 heteroatoms. The molecule has 0 aliphatic heterocycles. The van der Waals surface area contributed by atoms with Crippen molar-refractivity contribution in [3.8, 4) is 5.75 Å². The molecule has 170 valence electrons. The molecule has 2 aromatic carbocycles. The minimum atomic E-state index is -0.271. The standard InChI is InChI=1S/C23H31FN4O2.HI/c1-5-26-21(29)15-30-20-11-6-8-17(12-20)14-27-22(25-4)28-16-23(2,3)18-9-7-10-19(24)13-18;/h6-13H,5,14-16H2,1-4H3,(H,26,29)(H2,25,27,28);1H. The van der Waals surface area contributed by atoms with Crippen molar-refractivity contribution in [2.45, 2.75) is 32.7 Å². The molecule has 0 spiro atoms. The van der Waals surface area contributed by atoms with Crippen LogP contribution in [0.15, 0.2) is 53.5 Å². The number of halogens is 2. The Labute approximate surface area is 201 Å². The van der Waals surface area contributed by atoms with Gasteiger partial charge in [-0.05, 0) is 42.3 Å². The predicted molar refractivity (Wildman–Crippen MR) is 134 cm³/mol. The number of carbonyl (C=O) groups excluding carboxylic acids is 1. The van der Waals surface area contributed by atoms with Gasteiger partial charge in [0.1, 0.15) is 11.6 Å². The van der Waals surface area contributed by atoms with E-state index in [1.807, 2.05) is 37.3 Å². The van der Waals surface area contributed by atoms with E-state index in [1.165, 1.54) is 6.07 Å². The van der Waals surface area contributed by atoms with Crippen molar-refractivity contribution in [2.75, 3.05) is 26.7 Å². The highest BCUT2D eigenvalue weighted by Crippen LogP contribution is 2.22. The zero-order valence-electron chi connectivity index (χ0n) is 18.5. The van der Waals surface area contributed by atoms with Crippen LogP contribution in [0.25, 0.3) is 0 Å². The molecular formula is C23H32FIN4O2. The summed E-state index contributed by atoms with van der Waals surface area (Å²) in [6, 6.07) is 14.2. The maximum absolute atomic E-state index is 13.6. The van der Waals surface area contributed by atoms with Gasteiger partial charge in [0, 0.05) is 32.1 Å². The lowest BCUT2D eigenvalue weighted by atomic mass is 9.84. The van der Waals surface area contributed by atoms with E-state index in [1.54, 1.807) is 19.2 Å². The Balaban J connectivity index is 0.00000480. The number of benzene rings is 2. The number of hydrogen-bond acceptors (Lipinski definition) is 3. The minimum absolute atomic E-state index is 0. The molecular weight excluding hydrogens is 510 g/mol. The van der Waals surface area contributed by atoms with E-state index >= 15 is 0 Å². The number of likely N-dealkylation sites (N-methyl/N-ethyl adjacent to an activating group) is 1. The van der Waals surface area contributed by atoms with Crippen LogP contribution in [-0.2, 0) is 16.8 Å². The van der Waals surface area contributed by atoms with Crippen molar-refractivity contribution in [2.24, 2.45) is 4.99 Å². The molecule has 0 saturated heterocycles. The Hall–Kier alpha value is -2.36. The lowest BCUT2D eigenvalue weighted by molar-refractivity contribution is -0.122. The average molecular weight is 542 g/mol. The van der Waals surface area contributed by atoms with E-state index in [0.717, 1.165) is 11.1 Å². The Morgan fingerprint density at radius 1 is 1.10 bits per heavy atom. The van der Waals surface area contributed by atoms with E-state index in [9.17, 15) is 9.18 Å². The molecule has 1 amide bonds. The van der Waals surface area contributed by atoms with E-state index in [2.05, 4.69) is 34.8 Å². The fourth-order valence-corrected chi connectivity index (χ4v) is 2.86. The molecule has 0 bridgehead atoms. The molecule has 0 atom stereocenters. The van der Waals surface area contributed by atoms with Gasteiger partial charge in [0.25, 0.3) is 5.91 Å². The Morgan fingerprint density at radius 2 is 1.84 bits per heavy atom. The van der Waals surface area contributed by atoms with Crippen LogP contribution in [-0.4, -0.2) is 38.6 Å². The predicted octanol–water partition coefficient (Wildman–Crippen LogP) is 3.60. The van der Waals surface area contributed by atoms with E-state index in [0.29, 0.717) is 31.3 Å². The zero-order valence-corrected chi connectivity index (χ0v) is 20.8. The van der Waals surface area contributed by atoms with Gasteiger partial charge in [-0.1, -0.05) is 38.1 Å². The lowest BCUT2D eigenvalue weighted by Crippen LogP contribution is -2.43. The smallest absolute Gasteiger partial charge is 0.257 e. The summed E-state index contributed by atoms with van der Waals surface area (Å²) >= 11 is 0. The number of hydrogen-bond donors (Lipinski definition) is 3. The molecule has 0 heterocycles. The Bertz CT molecular complexity index is 874. The second-order valence-corrected chi connectivity index (χ2v) is 7.56. The maximum Gasteiger partial charge on any atom is 0.257 e. The molecule has 0 aliphatic carbocycles. The van der Waals surface area contributed by atoms with Crippen molar-refractivity contribution in [3.63, 3.8) is 0 Å². The first kappa shape index (κ1) is 26.7. The zero-order chi connectivity index (χ0) is 22.0. The van der Waals surface area contributed by atoms with Gasteiger partial charge in [-0.3, -0.25) is 9.79 Å². The molecule has 0 radical (unpaired) electrons. The summed E-state index contributed by atoms with van der Waals surface area (Å²) in [5.74, 6) is 0.896. The van der Waals surface area contributed by atoms with Gasteiger partial charge in [-0.2, -0.15) is 0 Å². The molecule has 6 nitrogen and oxygen atoms in total. The summed E-state index contributed by atoms with van der Waals surface area (Å²) in [5.41, 5.74) is 1.64. The van der Waals surface area contributed by atoms with Crippen LogP contribution in [0, 0.1) is 5.82 Å². The van der Waals surface area contributed by atoms with Gasteiger partial charge in [-0.25, -0.2) is 4.39 Å². The highest BCUT2D eigenvalue weighted by molar-refractivity contribution is 14.0. The van der Waals surface area contributed by atoms with Crippen LogP contribution in [0.1, 0.15) is 31.9 Å². The molecule has 0 unspecified atom stereocenters. The number of amides is 1. The molecule has 0 aliphatic rings. The van der Waals surface area contributed by atoms with Crippen molar-refractivity contribution in [3.05, 3.63) is 65.5 Å². The van der Waals surface area contributed by atoms with Crippen molar-refractivity contribution in [1.82, 2.24) is 16.0 Å². The Kier molecular flexibility index (Phi) is 11.3. The molecule has 0 fully saturated rings. The maximum atomic E-state index is 13.6. The molecule has 0 aromatic heterocycles. The van der Waals surface area contributed by atoms with Crippen molar-refractivity contribution in [1.29, 1.82) is 0 Å². The third kappa shape index (κ3) is 9.12. The summed E-state index contributed by atoms with van der Waals surface area (Å²) in [6.07, 6.45) is 0. The number of ether oxygens (including phenoxy) is 1. The summed E-state index contributed by atoms with van der Waals surface area (Å²) < 4.78 is 19.1. The van der Waals surface area contributed by atoms with Crippen LogP contribution in [0.4, 0.5) is 4.39 Å². The first-order chi connectivity index (χ1) is 14.3. The molecule has 2 aromatic rings. The number of guanidine groups is 1. The Morgan fingerprint density at radius 3 is 2.52 bits per heavy atom. The topological polar surface area (TPSA) is 74.8 Å². The second kappa shape index (κ2) is 13.1. The largest absolute Gasteiger partial charge is 0.484 e. The summed E-state index contributed by atoms with van der Waals surface area (Å²) in [5, 5.41) is 9.26. The van der Waals surface area contributed by atoms with Crippen molar-refractivity contribution < 1.29 is 13.9 Å². The van der Waals surface area contributed by atoms with Crippen LogP contribution in [0.3, 0.4) is 0 Å². The molecule has 2 rings (SSSR count). The quantitative estimate of drug-likeness (QED) is 0.257. The second-order valence-electron chi connectivity index (χ2n) is 7.56. The summed E-state index contributed by atoms with van der Waals surface area (Å²) in [4.78, 5) is 15.8. The molecule has 31 heavy (non-hydrogen) atoms. The van der Waals surface area contributed by atoms with E-state index < -0.39 is 0 Å². The summed E-state index contributed by atoms with van der Waals surface area (Å²) in [7, 11) is 1.70. The van der Waals surface area contributed by atoms with Gasteiger partial charge in [0.2, 0.25) is 0 Å². The number of rotatable bonds is 9. The first-order valence-electron chi connectivity index (χ1n) is 10.0. The summed E-state index contributed by atoms with van der Waals surface area (Å²) in [6.45, 7) is 7.67. The number of nitrogens with one attached hydrogen (secondary N) is 3. The van der Waals surface area contributed by atoms with Crippen LogP contribution < -0.4 is 20.7 Å². The van der Waals surface area contributed by atoms with E-state index in [4.69, 9.17) is 4.74 Å². The van der Waals surface area contributed by atoms with Gasteiger partial charge >= 0.3 is 0 Å². The van der Waals surface area contributed by atoms with Gasteiger partial charge in [-0.15, -0.1) is 24.0 Å².